The molecule has 19 heavy (non-hydrogen) atoms. The number of hydrogen-bond donors (Lipinski definition) is 0. The molecular formula is C14H15NO4. The molecule has 0 saturated carbocycles. The van der Waals surface area contributed by atoms with Gasteiger partial charge < -0.3 is 4.74 Å². The molecule has 2 amide bonds. The van der Waals surface area contributed by atoms with Gasteiger partial charge in [0.1, 0.15) is 13.2 Å². The van der Waals surface area contributed by atoms with Gasteiger partial charge in [0.05, 0.1) is 6.54 Å². The summed E-state index contributed by atoms with van der Waals surface area (Å²) >= 11 is 0. The van der Waals surface area contributed by atoms with Crippen LogP contribution in [0.5, 0.6) is 0 Å². The van der Waals surface area contributed by atoms with Gasteiger partial charge in [-0.05, 0) is 19.4 Å². The van der Waals surface area contributed by atoms with Crippen LogP contribution in [0.25, 0.3) is 0 Å². The van der Waals surface area contributed by atoms with Crippen LogP contribution < -0.4 is 0 Å². The molecule has 1 aromatic carbocycles. The number of nitrogens with zero attached hydrogens (tertiary/aromatic N) is 1. The van der Waals surface area contributed by atoms with E-state index in [1.54, 1.807) is 6.07 Å². The van der Waals surface area contributed by atoms with Crippen molar-refractivity contribution in [1.29, 1.82) is 0 Å². The van der Waals surface area contributed by atoms with Gasteiger partial charge in [0.15, 0.2) is 5.78 Å². The molecule has 0 aliphatic carbocycles. The molecule has 0 bridgehead atoms. The zero-order chi connectivity index (χ0) is 14.0. The SMILES string of the molecule is Cc1ccc(C(=O)CN2C(=O)COCC2=O)c(C)c1. The highest BCUT2D eigenvalue weighted by Gasteiger charge is 2.28. The van der Waals surface area contributed by atoms with Crippen molar-refractivity contribution in [3.8, 4) is 0 Å². The van der Waals surface area contributed by atoms with Crippen LogP contribution in [-0.2, 0) is 14.3 Å². The molecular weight excluding hydrogens is 246 g/mol. The summed E-state index contributed by atoms with van der Waals surface area (Å²) < 4.78 is 4.80. The smallest absolute Gasteiger partial charge is 0.255 e. The second-order valence-corrected chi connectivity index (χ2v) is 4.61. The van der Waals surface area contributed by atoms with Crippen molar-refractivity contribution in [1.82, 2.24) is 4.90 Å². The van der Waals surface area contributed by atoms with Gasteiger partial charge in [0.25, 0.3) is 11.8 Å². The zero-order valence-electron chi connectivity index (χ0n) is 10.9. The number of benzene rings is 1. The standard InChI is InChI=1S/C14H15NO4/c1-9-3-4-11(10(2)5-9)12(16)6-15-13(17)7-19-8-14(15)18/h3-5H,6-8H2,1-2H3. The minimum atomic E-state index is -0.464. The number of Topliss-reactive ketones (excluding diaryl/α,β-unsaturated/α-hetero) is 1. The normalized spacial score (nSPS) is 15.8. The molecule has 5 nitrogen and oxygen atoms in total. The van der Waals surface area contributed by atoms with E-state index in [0.717, 1.165) is 16.0 Å². The van der Waals surface area contributed by atoms with Gasteiger partial charge in [-0.3, -0.25) is 19.3 Å². The number of hydrogen-bond acceptors (Lipinski definition) is 4. The third-order valence-corrected chi connectivity index (χ3v) is 3.04. The molecule has 0 unspecified atom stereocenters. The van der Waals surface area contributed by atoms with Crippen molar-refractivity contribution in [3.05, 3.63) is 34.9 Å². The van der Waals surface area contributed by atoms with E-state index in [0.29, 0.717) is 5.56 Å². The van der Waals surface area contributed by atoms with Gasteiger partial charge in [-0.2, -0.15) is 0 Å². The number of morpholine rings is 1. The first kappa shape index (κ1) is 13.4. The van der Waals surface area contributed by atoms with Crippen molar-refractivity contribution in [2.75, 3.05) is 19.8 Å². The van der Waals surface area contributed by atoms with E-state index in [-0.39, 0.29) is 25.5 Å². The highest BCUT2D eigenvalue weighted by Crippen LogP contribution is 2.13. The molecule has 0 spiro atoms. The first-order chi connectivity index (χ1) is 8.99. The predicted molar refractivity (Wildman–Crippen MR) is 67.8 cm³/mol. The molecule has 1 aliphatic rings. The zero-order valence-corrected chi connectivity index (χ0v) is 10.9. The average Bonchev–Trinajstić information content (AvgIpc) is 2.33. The molecule has 0 radical (unpaired) electrons. The summed E-state index contributed by atoms with van der Waals surface area (Å²) in [6, 6.07) is 5.46. The van der Waals surface area contributed by atoms with Crippen LogP contribution in [0, 0.1) is 13.8 Å². The maximum Gasteiger partial charge on any atom is 0.255 e. The van der Waals surface area contributed by atoms with Crippen molar-refractivity contribution in [3.63, 3.8) is 0 Å². The molecule has 1 heterocycles. The largest absolute Gasteiger partial charge is 0.362 e. The maximum atomic E-state index is 12.1. The number of rotatable bonds is 3. The Hall–Kier alpha value is -2.01. The van der Waals surface area contributed by atoms with E-state index in [4.69, 9.17) is 4.74 Å². The quantitative estimate of drug-likeness (QED) is 0.598. The highest BCUT2D eigenvalue weighted by atomic mass is 16.5. The second kappa shape index (κ2) is 5.32. The molecule has 1 aliphatic heterocycles. The third-order valence-electron chi connectivity index (χ3n) is 3.04. The van der Waals surface area contributed by atoms with Crippen LogP contribution in [0.1, 0.15) is 21.5 Å². The molecule has 1 saturated heterocycles. The Morgan fingerprint density at radius 3 is 2.42 bits per heavy atom. The lowest BCUT2D eigenvalue weighted by Gasteiger charge is -2.24. The van der Waals surface area contributed by atoms with Crippen LogP contribution in [0.2, 0.25) is 0 Å². The van der Waals surface area contributed by atoms with E-state index in [1.165, 1.54) is 0 Å². The van der Waals surface area contributed by atoms with E-state index in [1.807, 2.05) is 26.0 Å². The summed E-state index contributed by atoms with van der Waals surface area (Å²) in [4.78, 5) is 36.2. The summed E-state index contributed by atoms with van der Waals surface area (Å²) in [5.41, 5.74) is 2.45. The summed E-state index contributed by atoms with van der Waals surface area (Å²) in [7, 11) is 0. The Bertz CT molecular complexity index is 534. The monoisotopic (exact) mass is 261 g/mol. The molecule has 5 heteroatoms. The van der Waals surface area contributed by atoms with Crippen LogP contribution in [-0.4, -0.2) is 42.3 Å². The number of aryl methyl sites for hydroxylation is 2. The highest BCUT2D eigenvalue weighted by molar-refractivity contribution is 6.06. The predicted octanol–water partition coefficient (Wildman–Crippen LogP) is 0.872. The molecule has 2 rings (SSSR count). The van der Waals surface area contributed by atoms with Crippen LogP contribution in [0.4, 0.5) is 0 Å². The Balaban J connectivity index is 2.16. The first-order valence-corrected chi connectivity index (χ1v) is 6.00. The lowest BCUT2D eigenvalue weighted by Crippen LogP contribution is -2.48. The Morgan fingerprint density at radius 1 is 1.21 bits per heavy atom. The number of carbonyl (C=O) groups is 3. The summed E-state index contributed by atoms with van der Waals surface area (Å²) in [6.45, 7) is 3.27. The average molecular weight is 261 g/mol. The molecule has 1 aromatic rings. The van der Waals surface area contributed by atoms with Crippen LogP contribution >= 0.6 is 0 Å². The molecule has 0 atom stereocenters. The van der Waals surface area contributed by atoms with Gasteiger partial charge in [0.2, 0.25) is 0 Å². The van der Waals surface area contributed by atoms with Crippen LogP contribution in [0.15, 0.2) is 18.2 Å². The van der Waals surface area contributed by atoms with Crippen molar-refractivity contribution in [2.24, 2.45) is 0 Å². The fourth-order valence-corrected chi connectivity index (χ4v) is 2.05. The summed E-state index contributed by atoms with van der Waals surface area (Å²) in [5.74, 6) is -1.16. The lowest BCUT2D eigenvalue weighted by atomic mass is 10.0. The number of ether oxygens (including phenoxy) is 1. The van der Waals surface area contributed by atoms with Crippen molar-refractivity contribution < 1.29 is 19.1 Å². The summed E-state index contributed by atoms with van der Waals surface area (Å²) in [6.07, 6.45) is 0. The Morgan fingerprint density at radius 2 is 1.84 bits per heavy atom. The van der Waals surface area contributed by atoms with E-state index in [9.17, 15) is 14.4 Å². The summed E-state index contributed by atoms with van der Waals surface area (Å²) in [5, 5.41) is 0. The second-order valence-electron chi connectivity index (χ2n) is 4.61. The molecule has 0 aromatic heterocycles. The maximum absolute atomic E-state index is 12.1. The van der Waals surface area contributed by atoms with Crippen LogP contribution in [0.3, 0.4) is 0 Å². The van der Waals surface area contributed by atoms with E-state index in [2.05, 4.69) is 0 Å². The van der Waals surface area contributed by atoms with Gasteiger partial charge >= 0.3 is 0 Å². The number of carbonyl (C=O) groups excluding carboxylic acids is 3. The third kappa shape index (κ3) is 2.88. The number of ketones is 1. The fourth-order valence-electron chi connectivity index (χ4n) is 2.05. The first-order valence-electron chi connectivity index (χ1n) is 6.00. The van der Waals surface area contributed by atoms with E-state index < -0.39 is 11.8 Å². The van der Waals surface area contributed by atoms with Gasteiger partial charge in [-0.1, -0.05) is 23.8 Å². The number of imide groups is 1. The van der Waals surface area contributed by atoms with Gasteiger partial charge in [0, 0.05) is 5.56 Å². The Labute approximate surface area is 111 Å². The molecule has 100 valence electrons. The minimum absolute atomic E-state index is 0.147. The minimum Gasteiger partial charge on any atom is -0.362 e. The Kier molecular flexibility index (Phi) is 3.76. The van der Waals surface area contributed by atoms with Crippen molar-refractivity contribution >= 4 is 17.6 Å². The van der Waals surface area contributed by atoms with Gasteiger partial charge in [-0.25, -0.2) is 0 Å². The van der Waals surface area contributed by atoms with E-state index >= 15 is 0 Å². The molecule has 0 N–H and O–H groups in total. The van der Waals surface area contributed by atoms with Crippen molar-refractivity contribution in [2.45, 2.75) is 13.8 Å². The lowest BCUT2D eigenvalue weighted by molar-refractivity contribution is -0.157. The van der Waals surface area contributed by atoms with Gasteiger partial charge in [-0.15, -0.1) is 0 Å². The topological polar surface area (TPSA) is 63.7 Å². The molecule has 1 fully saturated rings. The fraction of sp³-hybridized carbons (Fsp3) is 0.357. The number of amides is 2.